The second-order valence-corrected chi connectivity index (χ2v) is 17.4. The van der Waals surface area contributed by atoms with E-state index in [0.717, 1.165) is 27.4 Å². The lowest BCUT2D eigenvalue weighted by Gasteiger charge is -2.27. The van der Waals surface area contributed by atoms with Crippen LogP contribution in [-0.4, -0.2) is 106 Å². The molecule has 0 aliphatic carbocycles. The second-order valence-electron chi connectivity index (χ2n) is 16.4. The highest BCUT2D eigenvalue weighted by Crippen LogP contribution is 2.21. The predicted octanol–water partition coefficient (Wildman–Crippen LogP) is 1.85. The van der Waals surface area contributed by atoms with Gasteiger partial charge in [-0.05, 0) is 66.5 Å². The SMILES string of the molecule is CSCC[C@H](NC(=O)CN)C(=O)N[C@@H](C)C(=O)N[C@H](Cc1c[nH]c2ccccc12)C(=O)N[C@@H](Cc1ccccc1)C(=O)N[C@H](Cc1c[nH]c2ccccc12)C(=O)N[C@@H](CC(C)C)C(N)=O. The van der Waals surface area contributed by atoms with Gasteiger partial charge in [-0.1, -0.05) is 80.6 Å². The van der Waals surface area contributed by atoms with E-state index in [4.69, 9.17) is 11.5 Å². The third kappa shape index (κ3) is 14.2. The molecule has 5 rings (SSSR count). The van der Waals surface area contributed by atoms with Gasteiger partial charge in [0.15, 0.2) is 0 Å². The molecule has 0 unspecified atom stereocenters. The Labute approximate surface area is 382 Å². The summed E-state index contributed by atoms with van der Waals surface area (Å²) < 4.78 is 0. The number of aromatic nitrogens is 2. The van der Waals surface area contributed by atoms with Crippen LogP contribution in [0.4, 0.5) is 0 Å². The largest absolute Gasteiger partial charge is 0.368 e. The van der Waals surface area contributed by atoms with E-state index >= 15 is 0 Å². The van der Waals surface area contributed by atoms with Crippen LogP contribution in [0.2, 0.25) is 0 Å². The lowest BCUT2D eigenvalue weighted by Crippen LogP contribution is -2.60. The first-order valence-corrected chi connectivity index (χ1v) is 23.0. The van der Waals surface area contributed by atoms with Crippen molar-refractivity contribution in [2.24, 2.45) is 17.4 Å². The third-order valence-corrected chi connectivity index (χ3v) is 11.6. The number of H-pyrrole nitrogens is 2. The molecule has 346 valence electrons. The summed E-state index contributed by atoms with van der Waals surface area (Å²) in [5, 5.41) is 18.1. The van der Waals surface area contributed by atoms with Crippen molar-refractivity contribution in [3.63, 3.8) is 0 Å². The molecule has 7 amide bonds. The zero-order valence-electron chi connectivity index (χ0n) is 37.1. The van der Waals surface area contributed by atoms with E-state index in [0.29, 0.717) is 16.9 Å². The van der Waals surface area contributed by atoms with Crippen LogP contribution in [-0.2, 0) is 52.8 Å². The van der Waals surface area contributed by atoms with Crippen LogP contribution in [0.5, 0.6) is 0 Å². The normalized spacial score (nSPS) is 14.1. The number of para-hydroxylation sites is 2. The van der Waals surface area contributed by atoms with Crippen molar-refractivity contribution in [2.75, 3.05) is 18.6 Å². The van der Waals surface area contributed by atoms with Crippen molar-refractivity contribution >= 4 is 74.9 Å². The summed E-state index contributed by atoms with van der Waals surface area (Å²) >= 11 is 1.48. The molecular formula is C47H60N10O7S. The maximum atomic E-state index is 14.6. The number of hydrogen-bond acceptors (Lipinski definition) is 9. The molecule has 0 aliphatic rings. The molecule has 0 radical (unpaired) electrons. The standard InChI is InChI=1S/C47H60N10O7S/c1-27(2)20-37(42(49)59)54-46(63)40(23-31-26-51-35-17-11-9-15-33(31)35)57-45(62)38(21-29-12-6-5-7-13-29)56-47(64)39(22-30-25-50-34-16-10-8-14-32(30)34)55-43(60)28(3)52-44(61)36(18-19-65-4)53-41(58)24-48/h5-17,25-28,36-40,50-51H,18-24,48H2,1-4H3,(H2,49,59)(H,52,61)(H,53,58)(H,54,63)(H,55,60)(H,56,64)(H,57,62)/t28-,36-,37-,38-,39+,40+/m0/s1. The first-order valence-electron chi connectivity index (χ1n) is 21.6. The molecule has 17 nitrogen and oxygen atoms in total. The molecule has 6 atom stereocenters. The van der Waals surface area contributed by atoms with Gasteiger partial charge in [0.1, 0.15) is 36.3 Å². The number of rotatable bonds is 24. The number of amides is 7. The van der Waals surface area contributed by atoms with Crippen molar-refractivity contribution in [1.29, 1.82) is 0 Å². The van der Waals surface area contributed by atoms with E-state index < -0.39 is 77.6 Å². The number of thioether (sulfide) groups is 1. The summed E-state index contributed by atoms with van der Waals surface area (Å²) in [5.41, 5.74) is 14.9. The van der Waals surface area contributed by atoms with Crippen molar-refractivity contribution in [2.45, 2.75) is 89.1 Å². The Bertz CT molecular complexity index is 2440. The van der Waals surface area contributed by atoms with E-state index in [9.17, 15) is 33.6 Å². The minimum Gasteiger partial charge on any atom is -0.368 e. The molecule has 0 saturated heterocycles. The fourth-order valence-electron chi connectivity index (χ4n) is 7.49. The average Bonchev–Trinajstić information content (AvgIpc) is 3.90. The highest BCUT2D eigenvalue weighted by Gasteiger charge is 2.33. The van der Waals surface area contributed by atoms with E-state index in [2.05, 4.69) is 41.9 Å². The first-order chi connectivity index (χ1) is 31.2. The van der Waals surface area contributed by atoms with Gasteiger partial charge in [-0.3, -0.25) is 33.6 Å². The number of carbonyl (C=O) groups is 7. The first kappa shape index (κ1) is 49.4. The zero-order chi connectivity index (χ0) is 47.0. The molecule has 0 aliphatic heterocycles. The lowest BCUT2D eigenvalue weighted by atomic mass is 9.99. The predicted molar refractivity (Wildman–Crippen MR) is 252 cm³/mol. The molecule has 12 N–H and O–H groups in total. The molecule has 0 bridgehead atoms. The molecule has 65 heavy (non-hydrogen) atoms. The van der Waals surface area contributed by atoms with Gasteiger partial charge in [0.25, 0.3) is 0 Å². The fraction of sp³-hybridized carbons (Fsp3) is 0.383. The Morgan fingerprint density at radius 2 is 1.03 bits per heavy atom. The average molecular weight is 909 g/mol. The Morgan fingerprint density at radius 3 is 1.52 bits per heavy atom. The smallest absolute Gasteiger partial charge is 0.243 e. The van der Waals surface area contributed by atoms with E-state index in [1.165, 1.54) is 18.7 Å². The Balaban J connectivity index is 1.44. The second kappa shape index (κ2) is 23.9. The van der Waals surface area contributed by atoms with Gasteiger partial charge >= 0.3 is 0 Å². The van der Waals surface area contributed by atoms with Crippen LogP contribution >= 0.6 is 11.8 Å². The van der Waals surface area contributed by atoms with Crippen LogP contribution < -0.4 is 43.4 Å². The molecule has 0 spiro atoms. The van der Waals surface area contributed by atoms with Crippen molar-refractivity contribution in [3.05, 3.63) is 108 Å². The van der Waals surface area contributed by atoms with E-state index in [1.54, 1.807) is 36.7 Å². The molecule has 3 aromatic carbocycles. The number of fused-ring (bicyclic) bond motifs is 2. The zero-order valence-corrected chi connectivity index (χ0v) is 37.9. The number of primary amides is 1. The Morgan fingerprint density at radius 1 is 0.569 bits per heavy atom. The van der Waals surface area contributed by atoms with Gasteiger partial charge in [-0.2, -0.15) is 11.8 Å². The molecular weight excluding hydrogens is 849 g/mol. The highest BCUT2D eigenvalue weighted by molar-refractivity contribution is 7.98. The van der Waals surface area contributed by atoms with Crippen LogP contribution in [0.25, 0.3) is 21.8 Å². The molecule has 0 fully saturated rings. The minimum absolute atomic E-state index is 0.00324. The molecule has 0 saturated carbocycles. The monoisotopic (exact) mass is 908 g/mol. The van der Waals surface area contributed by atoms with Crippen LogP contribution in [0, 0.1) is 5.92 Å². The van der Waals surface area contributed by atoms with Gasteiger partial charge in [0, 0.05) is 53.5 Å². The maximum Gasteiger partial charge on any atom is 0.243 e. The number of hydrogen-bond donors (Lipinski definition) is 10. The Hall–Kier alpha value is -6.66. The highest BCUT2D eigenvalue weighted by atomic mass is 32.2. The summed E-state index contributed by atoms with van der Waals surface area (Å²) in [4.78, 5) is 102. The molecule has 18 heteroatoms. The topological polar surface area (TPSA) is 275 Å². The number of aromatic amines is 2. The number of carbonyl (C=O) groups excluding carboxylic acids is 7. The van der Waals surface area contributed by atoms with Crippen LogP contribution in [0.3, 0.4) is 0 Å². The number of nitrogens with one attached hydrogen (secondary N) is 8. The van der Waals surface area contributed by atoms with Crippen molar-refractivity contribution in [3.8, 4) is 0 Å². The van der Waals surface area contributed by atoms with E-state index in [-0.39, 0.29) is 44.6 Å². The summed E-state index contributed by atoms with van der Waals surface area (Å²) in [6.07, 6.45) is 5.93. The minimum atomic E-state index is -1.27. The van der Waals surface area contributed by atoms with Gasteiger partial charge in [-0.15, -0.1) is 0 Å². The summed E-state index contributed by atoms with van der Waals surface area (Å²) in [7, 11) is 0. The van der Waals surface area contributed by atoms with Gasteiger partial charge in [0.2, 0.25) is 41.4 Å². The maximum absolute atomic E-state index is 14.6. The third-order valence-electron chi connectivity index (χ3n) is 10.9. The van der Waals surface area contributed by atoms with Crippen LogP contribution in [0.15, 0.2) is 91.3 Å². The van der Waals surface area contributed by atoms with Crippen LogP contribution in [0.1, 0.15) is 50.3 Å². The van der Waals surface area contributed by atoms with Gasteiger partial charge in [-0.25, -0.2) is 0 Å². The Kier molecular flexibility index (Phi) is 18.1. The molecule has 2 heterocycles. The summed E-state index contributed by atoms with van der Waals surface area (Å²) in [6, 6.07) is 17.1. The number of benzene rings is 3. The quantitative estimate of drug-likeness (QED) is 0.0432. The van der Waals surface area contributed by atoms with E-state index in [1.807, 2.05) is 74.7 Å². The molecule has 2 aromatic heterocycles. The lowest BCUT2D eigenvalue weighted by molar-refractivity contribution is -0.135. The molecule has 5 aromatic rings. The van der Waals surface area contributed by atoms with Crippen molar-refractivity contribution in [1.82, 2.24) is 41.9 Å². The fourth-order valence-corrected chi connectivity index (χ4v) is 7.96. The summed E-state index contributed by atoms with van der Waals surface area (Å²) in [6.45, 7) is 4.92. The van der Waals surface area contributed by atoms with Gasteiger partial charge in [0.05, 0.1) is 6.54 Å². The van der Waals surface area contributed by atoms with Gasteiger partial charge < -0.3 is 53.3 Å². The van der Waals surface area contributed by atoms with Crippen molar-refractivity contribution < 1.29 is 33.6 Å². The summed E-state index contributed by atoms with van der Waals surface area (Å²) in [5.74, 6) is -4.03. The number of nitrogens with two attached hydrogens (primary N) is 2.